The lowest BCUT2D eigenvalue weighted by atomic mass is 10.3. The fourth-order valence-electron chi connectivity index (χ4n) is 1.95. The van der Waals surface area contributed by atoms with Gasteiger partial charge in [-0.2, -0.15) is 0 Å². The quantitative estimate of drug-likeness (QED) is 0.522. The summed E-state index contributed by atoms with van der Waals surface area (Å²) in [4.78, 5) is 0. The largest absolute Gasteiger partial charge is 1.00 e. The number of aryl methyl sites for hydroxylation is 3. The van der Waals surface area contributed by atoms with E-state index < -0.39 is 0 Å². The van der Waals surface area contributed by atoms with Crippen molar-refractivity contribution in [3.8, 4) is 0 Å². The molecule has 0 saturated carbocycles. The summed E-state index contributed by atoms with van der Waals surface area (Å²) in [6.07, 6.45) is 13.6. The second-order valence-corrected chi connectivity index (χ2v) is 5.43. The molecule has 4 heteroatoms. The minimum absolute atomic E-state index is 0. The van der Waals surface area contributed by atoms with Crippen molar-refractivity contribution < 1.29 is 33.9 Å². The molecule has 2 aromatic rings. The topological polar surface area (TPSA) is 7.76 Å². The fourth-order valence-corrected chi connectivity index (χ4v) is 1.95. The molecular weight excluding hydrogens is 327 g/mol. The second-order valence-electron chi connectivity index (χ2n) is 5.43. The van der Waals surface area contributed by atoms with Gasteiger partial charge >= 0.3 is 0 Å². The summed E-state index contributed by atoms with van der Waals surface area (Å²) in [5, 5.41) is 0. The van der Waals surface area contributed by atoms with Crippen molar-refractivity contribution in [1.82, 2.24) is 0 Å². The summed E-state index contributed by atoms with van der Waals surface area (Å²) in [5.41, 5.74) is 1.33. The fraction of sp³-hybridized carbons (Fsp3) is 0.474. The van der Waals surface area contributed by atoms with Crippen molar-refractivity contribution in [2.24, 2.45) is 0 Å². The Morgan fingerprint density at radius 2 is 1.13 bits per heavy atom. The highest BCUT2D eigenvalue weighted by molar-refractivity contribution is 5.03. The third-order valence-corrected chi connectivity index (χ3v) is 3.37. The SMILES string of the molecule is CCCC[n+]1ccc(C)cc1.CCCC[n+]1ccccc1.[Cl-].[Cl-]. The lowest BCUT2D eigenvalue weighted by Gasteiger charge is -1.94. The number of aromatic nitrogens is 2. The van der Waals surface area contributed by atoms with E-state index >= 15 is 0 Å². The van der Waals surface area contributed by atoms with Gasteiger partial charge in [0.2, 0.25) is 0 Å². The molecule has 0 aliphatic carbocycles. The number of hydrogen-bond acceptors (Lipinski definition) is 0. The molecule has 0 radical (unpaired) electrons. The first-order valence-corrected chi connectivity index (χ1v) is 8.16. The van der Waals surface area contributed by atoms with Crippen molar-refractivity contribution in [2.75, 3.05) is 0 Å². The number of halogens is 2. The third kappa shape index (κ3) is 12.0. The summed E-state index contributed by atoms with van der Waals surface area (Å²) in [6.45, 7) is 8.84. The molecule has 2 aromatic heterocycles. The molecule has 2 rings (SSSR count). The molecule has 0 spiro atoms. The molecule has 130 valence electrons. The molecule has 0 aliphatic rings. The van der Waals surface area contributed by atoms with Crippen molar-refractivity contribution >= 4 is 0 Å². The molecule has 0 fully saturated rings. The van der Waals surface area contributed by atoms with E-state index in [0.717, 1.165) is 13.1 Å². The maximum Gasteiger partial charge on any atom is 0.169 e. The first-order chi connectivity index (χ1) is 10.3. The second kappa shape index (κ2) is 15.8. The molecule has 0 aliphatic heterocycles. The smallest absolute Gasteiger partial charge is 0.169 e. The Hall–Kier alpha value is -1.12. The highest BCUT2D eigenvalue weighted by atomic mass is 35.5. The van der Waals surface area contributed by atoms with E-state index in [4.69, 9.17) is 0 Å². The van der Waals surface area contributed by atoms with Gasteiger partial charge in [0.1, 0.15) is 13.1 Å². The van der Waals surface area contributed by atoms with Gasteiger partial charge in [0, 0.05) is 37.1 Å². The van der Waals surface area contributed by atoms with Crippen LogP contribution in [0, 0.1) is 6.92 Å². The summed E-state index contributed by atoms with van der Waals surface area (Å²) in [7, 11) is 0. The third-order valence-electron chi connectivity index (χ3n) is 3.37. The highest BCUT2D eigenvalue weighted by Gasteiger charge is 1.96. The summed E-state index contributed by atoms with van der Waals surface area (Å²) >= 11 is 0. The van der Waals surface area contributed by atoms with E-state index in [-0.39, 0.29) is 24.8 Å². The van der Waals surface area contributed by atoms with Gasteiger partial charge in [0.25, 0.3) is 0 Å². The van der Waals surface area contributed by atoms with Crippen LogP contribution in [0.1, 0.15) is 45.1 Å². The Morgan fingerprint density at radius 3 is 1.57 bits per heavy atom. The van der Waals surface area contributed by atoms with Crippen molar-refractivity contribution in [1.29, 1.82) is 0 Å². The van der Waals surface area contributed by atoms with Crippen LogP contribution < -0.4 is 33.9 Å². The van der Waals surface area contributed by atoms with Gasteiger partial charge in [-0.25, -0.2) is 9.13 Å². The monoisotopic (exact) mass is 356 g/mol. The lowest BCUT2D eigenvalue weighted by Crippen LogP contribution is -3.00. The Kier molecular flexibility index (Phi) is 16.5. The van der Waals surface area contributed by atoms with Gasteiger partial charge in [0.15, 0.2) is 24.8 Å². The Bertz CT molecular complexity index is 472. The van der Waals surface area contributed by atoms with Crippen LogP contribution in [0.4, 0.5) is 0 Å². The molecule has 0 aromatic carbocycles. The van der Waals surface area contributed by atoms with E-state index in [0.29, 0.717) is 0 Å². The summed E-state index contributed by atoms with van der Waals surface area (Å²) in [5.74, 6) is 0. The minimum Gasteiger partial charge on any atom is -1.00 e. The van der Waals surface area contributed by atoms with Crippen molar-refractivity contribution in [3.63, 3.8) is 0 Å². The van der Waals surface area contributed by atoms with E-state index in [2.05, 4.69) is 79.0 Å². The predicted octanol–water partition coefficient (Wildman–Crippen LogP) is -2.14. The molecule has 0 bridgehead atoms. The zero-order valence-electron chi connectivity index (χ0n) is 14.6. The summed E-state index contributed by atoms with van der Waals surface area (Å²) in [6, 6.07) is 10.5. The van der Waals surface area contributed by atoms with Gasteiger partial charge in [-0.15, -0.1) is 0 Å². The zero-order chi connectivity index (χ0) is 15.3. The van der Waals surface area contributed by atoms with Crippen molar-refractivity contribution in [3.05, 3.63) is 60.7 Å². The average molecular weight is 357 g/mol. The van der Waals surface area contributed by atoms with Crippen LogP contribution in [-0.4, -0.2) is 0 Å². The van der Waals surface area contributed by atoms with E-state index in [9.17, 15) is 0 Å². The molecule has 0 N–H and O–H groups in total. The molecular formula is C19H30Cl2N2. The van der Waals surface area contributed by atoms with Gasteiger partial charge in [-0.05, 0) is 12.5 Å². The first kappa shape index (κ1) is 24.1. The van der Waals surface area contributed by atoms with Gasteiger partial charge in [-0.3, -0.25) is 0 Å². The zero-order valence-corrected chi connectivity index (χ0v) is 16.1. The molecule has 2 heterocycles. The molecule has 0 amide bonds. The number of nitrogens with zero attached hydrogens (tertiary/aromatic N) is 2. The number of hydrogen-bond donors (Lipinski definition) is 0. The van der Waals surface area contributed by atoms with Gasteiger partial charge in [-0.1, -0.05) is 32.8 Å². The van der Waals surface area contributed by atoms with Crippen LogP contribution in [0.25, 0.3) is 0 Å². The lowest BCUT2D eigenvalue weighted by molar-refractivity contribution is -0.697. The van der Waals surface area contributed by atoms with Crippen molar-refractivity contribution in [2.45, 2.75) is 59.5 Å². The van der Waals surface area contributed by atoms with E-state index in [1.807, 2.05) is 6.07 Å². The maximum atomic E-state index is 2.23. The van der Waals surface area contributed by atoms with Crippen LogP contribution in [-0.2, 0) is 13.1 Å². The normalized spacial score (nSPS) is 9.00. The molecule has 2 nitrogen and oxygen atoms in total. The molecule has 0 unspecified atom stereocenters. The maximum absolute atomic E-state index is 2.23. The van der Waals surface area contributed by atoms with Crippen LogP contribution in [0.15, 0.2) is 55.1 Å². The first-order valence-electron chi connectivity index (χ1n) is 8.16. The average Bonchev–Trinajstić information content (AvgIpc) is 2.54. The van der Waals surface area contributed by atoms with Crippen LogP contribution >= 0.6 is 0 Å². The van der Waals surface area contributed by atoms with Crippen LogP contribution in [0.3, 0.4) is 0 Å². The molecule has 0 saturated heterocycles. The van der Waals surface area contributed by atoms with Gasteiger partial charge in [0.05, 0.1) is 0 Å². The summed E-state index contributed by atoms with van der Waals surface area (Å²) < 4.78 is 4.44. The standard InChI is InChI=1S/C10H16N.C9H14N.2ClH/c1-3-4-7-11-8-5-10(2)6-9-11;1-2-3-7-10-8-5-4-6-9-10;;/h5-6,8-9H,3-4,7H2,1-2H3;4-6,8-9H,2-3,7H2,1H3;2*1H/q2*+1;;/p-2. The van der Waals surface area contributed by atoms with E-state index in [1.165, 1.54) is 31.2 Å². The predicted molar refractivity (Wildman–Crippen MR) is 87.8 cm³/mol. The minimum atomic E-state index is 0. The molecule has 23 heavy (non-hydrogen) atoms. The van der Waals surface area contributed by atoms with Gasteiger partial charge < -0.3 is 24.8 Å². The Labute approximate surface area is 154 Å². The number of unbranched alkanes of at least 4 members (excludes halogenated alkanes) is 2. The molecule has 0 atom stereocenters. The van der Waals surface area contributed by atoms with E-state index in [1.54, 1.807) is 0 Å². The highest BCUT2D eigenvalue weighted by Crippen LogP contribution is 1.91. The Morgan fingerprint density at radius 1 is 0.696 bits per heavy atom. The number of pyridine rings is 2. The van der Waals surface area contributed by atoms with Crippen LogP contribution in [0.5, 0.6) is 0 Å². The number of rotatable bonds is 6. The van der Waals surface area contributed by atoms with Crippen LogP contribution in [0.2, 0.25) is 0 Å². The Balaban J connectivity index is 0.